The third kappa shape index (κ3) is 3.72. The quantitative estimate of drug-likeness (QED) is 0.624. The second kappa shape index (κ2) is 5.15. The van der Waals surface area contributed by atoms with E-state index < -0.39 is 0 Å². The van der Waals surface area contributed by atoms with Gasteiger partial charge in [-0.3, -0.25) is 0 Å². The number of allylic oxidation sites excluding steroid dienone is 2. The fourth-order valence-corrected chi connectivity index (χ4v) is 1.19. The summed E-state index contributed by atoms with van der Waals surface area (Å²) in [7, 11) is 0. The van der Waals surface area contributed by atoms with Crippen LogP contribution in [0.15, 0.2) is 23.8 Å². The Kier molecular flexibility index (Phi) is 4.09. The summed E-state index contributed by atoms with van der Waals surface area (Å²) in [5.41, 5.74) is 1.34. The van der Waals surface area contributed by atoms with E-state index in [1.807, 2.05) is 0 Å². The summed E-state index contributed by atoms with van der Waals surface area (Å²) in [4.78, 5) is 0. The van der Waals surface area contributed by atoms with Crippen molar-refractivity contribution in [3.8, 4) is 0 Å². The number of ether oxygens (including phenoxy) is 1. The van der Waals surface area contributed by atoms with Crippen LogP contribution in [0.3, 0.4) is 0 Å². The molecule has 0 heterocycles. The van der Waals surface area contributed by atoms with E-state index in [2.05, 4.69) is 32.1 Å². The second-order valence-corrected chi connectivity index (χ2v) is 3.67. The largest absolute Gasteiger partial charge is 0.377 e. The van der Waals surface area contributed by atoms with E-state index in [0.29, 0.717) is 5.92 Å². The molecule has 0 saturated heterocycles. The summed E-state index contributed by atoms with van der Waals surface area (Å²) in [5, 5.41) is 0. The van der Waals surface area contributed by atoms with Crippen LogP contribution in [0.5, 0.6) is 0 Å². The van der Waals surface area contributed by atoms with Crippen LogP contribution in [0.25, 0.3) is 0 Å². The molecule has 0 aromatic heterocycles. The van der Waals surface area contributed by atoms with Crippen LogP contribution in [0.1, 0.15) is 26.7 Å². The SMILES string of the molecule is CC(C)COCC1=CCCC=C1. The molecule has 68 valence electrons. The minimum absolute atomic E-state index is 0.637. The van der Waals surface area contributed by atoms with Crippen LogP contribution in [0, 0.1) is 5.92 Å². The molecule has 1 nitrogen and oxygen atoms in total. The van der Waals surface area contributed by atoms with Gasteiger partial charge in [0.05, 0.1) is 6.61 Å². The first-order valence-electron chi connectivity index (χ1n) is 4.72. The zero-order valence-electron chi connectivity index (χ0n) is 8.05. The third-order valence-electron chi connectivity index (χ3n) is 1.79. The van der Waals surface area contributed by atoms with Gasteiger partial charge in [-0.05, 0) is 24.3 Å². The monoisotopic (exact) mass is 166 g/mol. The van der Waals surface area contributed by atoms with Gasteiger partial charge in [0, 0.05) is 6.61 Å². The molecule has 0 bridgehead atoms. The van der Waals surface area contributed by atoms with Gasteiger partial charge in [0.2, 0.25) is 0 Å². The van der Waals surface area contributed by atoms with Crippen LogP contribution in [0.4, 0.5) is 0 Å². The second-order valence-electron chi connectivity index (χ2n) is 3.67. The van der Waals surface area contributed by atoms with Crippen molar-refractivity contribution < 1.29 is 4.74 Å². The van der Waals surface area contributed by atoms with Crippen LogP contribution >= 0.6 is 0 Å². The molecule has 0 N–H and O–H groups in total. The Morgan fingerprint density at radius 2 is 2.25 bits per heavy atom. The van der Waals surface area contributed by atoms with E-state index in [0.717, 1.165) is 13.2 Å². The topological polar surface area (TPSA) is 9.23 Å². The average Bonchev–Trinajstić information content (AvgIpc) is 2.05. The van der Waals surface area contributed by atoms with E-state index in [-0.39, 0.29) is 0 Å². The Bertz CT molecular complexity index is 177. The molecule has 1 aliphatic rings. The van der Waals surface area contributed by atoms with Crippen molar-refractivity contribution in [3.05, 3.63) is 23.8 Å². The van der Waals surface area contributed by atoms with Crippen molar-refractivity contribution in [2.24, 2.45) is 5.92 Å². The third-order valence-corrected chi connectivity index (χ3v) is 1.79. The zero-order valence-corrected chi connectivity index (χ0v) is 8.05. The first-order chi connectivity index (χ1) is 5.79. The maximum atomic E-state index is 5.52. The van der Waals surface area contributed by atoms with Crippen LogP contribution in [0.2, 0.25) is 0 Å². The fourth-order valence-electron chi connectivity index (χ4n) is 1.19. The Morgan fingerprint density at radius 1 is 1.42 bits per heavy atom. The predicted molar refractivity (Wildman–Crippen MR) is 52.1 cm³/mol. The van der Waals surface area contributed by atoms with Crippen molar-refractivity contribution in [3.63, 3.8) is 0 Å². The van der Waals surface area contributed by atoms with Crippen LogP contribution in [-0.2, 0) is 4.74 Å². The molecule has 12 heavy (non-hydrogen) atoms. The molecular weight excluding hydrogens is 148 g/mol. The van der Waals surface area contributed by atoms with Crippen LogP contribution in [-0.4, -0.2) is 13.2 Å². The van der Waals surface area contributed by atoms with Crippen molar-refractivity contribution in [2.75, 3.05) is 13.2 Å². The van der Waals surface area contributed by atoms with E-state index in [4.69, 9.17) is 4.74 Å². The summed E-state index contributed by atoms with van der Waals surface area (Å²) >= 11 is 0. The standard InChI is InChI=1S/C11H18O/c1-10(2)8-12-9-11-6-4-3-5-7-11/h4,6-7,10H,3,5,8-9H2,1-2H3. The first kappa shape index (κ1) is 9.53. The lowest BCUT2D eigenvalue weighted by molar-refractivity contribution is 0.131. The summed E-state index contributed by atoms with van der Waals surface area (Å²) in [6, 6.07) is 0. The minimum Gasteiger partial charge on any atom is -0.377 e. The molecule has 0 aromatic carbocycles. The molecule has 0 aromatic rings. The summed E-state index contributed by atoms with van der Waals surface area (Å²) in [5.74, 6) is 0.637. The molecule has 0 fully saturated rings. The van der Waals surface area contributed by atoms with Gasteiger partial charge in [-0.1, -0.05) is 32.1 Å². The normalized spacial score (nSPS) is 16.8. The molecule has 0 unspecified atom stereocenters. The van der Waals surface area contributed by atoms with Crippen molar-refractivity contribution in [1.82, 2.24) is 0 Å². The van der Waals surface area contributed by atoms with Gasteiger partial charge < -0.3 is 4.74 Å². The average molecular weight is 166 g/mol. The van der Waals surface area contributed by atoms with Gasteiger partial charge in [-0.2, -0.15) is 0 Å². The molecule has 0 radical (unpaired) electrons. The summed E-state index contributed by atoms with van der Waals surface area (Å²) < 4.78 is 5.52. The van der Waals surface area contributed by atoms with Crippen molar-refractivity contribution in [1.29, 1.82) is 0 Å². The molecular formula is C11H18O. The highest BCUT2D eigenvalue weighted by atomic mass is 16.5. The summed E-state index contributed by atoms with van der Waals surface area (Å²) in [6.07, 6.45) is 9.02. The molecule has 0 spiro atoms. The minimum atomic E-state index is 0.637. The van der Waals surface area contributed by atoms with Crippen LogP contribution < -0.4 is 0 Å². The Morgan fingerprint density at radius 3 is 2.83 bits per heavy atom. The zero-order chi connectivity index (χ0) is 8.81. The fraction of sp³-hybridized carbons (Fsp3) is 0.636. The van der Waals surface area contributed by atoms with Gasteiger partial charge in [0.1, 0.15) is 0 Å². The van der Waals surface area contributed by atoms with Crippen molar-refractivity contribution in [2.45, 2.75) is 26.7 Å². The van der Waals surface area contributed by atoms with Crippen molar-refractivity contribution >= 4 is 0 Å². The smallest absolute Gasteiger partial charge is 0.0713 e. The Balaban J connectivity index is 2.14. The van der Waals surface area contributed by atoms with E-state index >= 15 is 0 Å². The van der Waals surface area contributed by atoms with E-state index in [1.54, 1.807) is 0 Å². The maximum Gasteiger partial charge on any atom is 0.0713 e. The molecule has 0 saturated carbocycles. The lowest BCUT2D eigenvalue weighted by Gasteiger charge is -2.09. The summed E-state index contributed by atoms with van der Waals surface area (Å²) in [6.45, 7) is 6.00. The Labute approximate surface area is 75.1 Å². The van der Waals surface area contributed by atoms with Gasteiger partial charge in [-0.25, -0.2) is 0 Å². The molecule has 1 heteroatoms. The molecule has 0 aliphatic heterocycles. The number of hydrogen-bond donors (Lipinski definition) is 0. The highest BCUT2D eigenvalue weighted by Crippen LogP contribution is 2.09. The Hall–Kier alpha value is -0.560. The predicted octanol–water partition coefficient (Wildman–Crippen LogP) is 2.94. The van der Waals surface area contributed by atoms with Gasteiger partial charge >= 0.3 is 0 Å². The molecule has 1 aliphatic carbocycles. The van der Waals surface area contributed by atoms with Gasteiger partial charge in [0.25, 0.3) is 0 Å². The molecule has 0 atom stereocenters. The van der Waals surface area contributed by atoms with E-state index in [1.165, 1.54) is 18.4 Å². The number of rotatable bonds is 4. The lowest BCUT2D eigenvalue weighted by atomic mass is 10.1. The first-order valence-corrected chi connectivity index (χ1v) is 4.72. The van der Waals surface area contributed by atoms with Gasteiger partial charge in [-0.15, -0.1) is 0 Å². The number of hydrogen-bond acceptors (Lipinski definition) is 1. The highest BCUT2D eigenvalue weighted by Gasteiger charge is 1.98. The highest BCUT2D eigenvalue weighted by molar-refractivity contribution is 5.22. The molecule has 0 amide bonds. The lowest BCUT2D eigenvalue weighted by Crippen LogP contribution is -2.04. The van der Waals surface area contributed by atoms with E-state index in [9.17, 15) is 0 Å². The molecule has 1 rings (SSSR count). The van der Waals surface area contributed by atoms with Gasteiger partial charge in [0.15, 0.2) is 0 Å². The maximum absolute atomic E-state index is 5.52.